The van der Waals surface area contributed by atoms with Crippen LogP contribution in [0.5, 0.6) is 5.75 Å². The lowest BCUT2D eigenvalue weighted by molar-refractivity contribution is 0.378. The van der Waals surface area contributed by atoms with Crippen molar-refractivity contribution < 1.29 is 5.11 Å². The van der Waals surface area contributed by atoms with Crippen LogP contribution >= 0.6 is 0 Å². The Hall–Kier alpha value is -2.92. The average molecular weight is 349 g/mol. The first-order valence-electron chi connectivity index (χ1n) is 8.65. The number of aromatic hydroxyl groups is 1. The van der Waals surface area contributed by atoms with Crippen LogP contribution in [0.2, 0.25) is 0 Å². The molecule has 1 N–H and O–H groups in total. The molecule has 0 atom stereocenters. The van der Waals surface area contributed by atoms with Crippen LogP contribution in [-0.4, -0.2) is 40.4 Å². The molecule has 134 valence electrons. The van der Waals surface area contributed by atoms with Crippen molar-refractivity contribution in [2.75, 3.05) is 20.6 Å². The molecule has 0 aliphatic rings. The Morgan fingerprint density at radius 1 is 1.08 bits per heavy atom. The Bertz CT molecular complexity index is 973. The number of phenols is 1. The molecule has 0 amide bonds. The van der Waals surface area contributed by atoms with E-state index in [2.05, 4.69) is 10.00 Å². The Morgan fingerprint density at radius 3 is 2.50 bits per heavy atom. The fraction of sp³-hybridized carbons (Fsp3) is 0.238. The number of benzene rings is 2. The highest BCUT2D eigenvalue weighted by molar-refractivity contribution is 5.84. The van der Waals surface area contributed by atoms with Crippen molar-refractivity contribution in [1.29, 1.82) is 0 Å². The van der Waals surface area contributed by atoms with Gasteiger partial charge in [0, 0.05) is 11.9 Å². The zero-order chi connectivity index (χ0) is 18.5. The summed E-state index contributed by atoms with van der Waals surface area (Å²) in [7, 11) is 4.04. The van der Waals surface area contributed by atoms with Gasteiger partial charge >= 0.3 is 0 Å². The van der Waals surface area contributed by atoms with E-state index in [0.717, 1.165) is 29.5 Å². The van der Waals surface area contributed by atoms with Crippen molar-refractivity contribution in [2.45, 2.75) is 13.0 Å². The van der Waals surface area contributed by atoms with Gasteiger partial charge in [-0.25, -0.2) is 4.68 Å². The second-order valence-corrected chi connectivity index (χ2v) is 6.60. The molecular weight excluding hydrogens is 326 g/mol. The highest BCUT2D eigenvalue weighted by atomic mass is 16.3. The summed E-state index contributed by atoms with van der Waals surface area (Å²) in [6.45, 7) is 1.54. The minimum absolute atomic E-state index is 0.0460. The minimum atomic E-state index is -0.0460. The Labute approximate surface area is 152 Å². The first kappa shape index (κ1) is 17.9. The molecule has 0 saturated carbocycles. The number of rotatable bonds is 6. The summed E-state index contributed by atoms with van der Waals surface area (Å²) in [6, 6.07) is 12.8. The lowest BCUT2D eigenvalue weighted by Gasteiger charge is -2.10. The number of nitrogens with zero attached hydrogens (tertiary/aromatic N) is 3. The number of aryl methyl sites for hydroxylation is 1. The zero-order valence-electron chi connectivity index (χ0n) is 15.1. The van der Waals surface area contributed by atoms with E-state index in [1.807, 2.05) is 56.6 Å². The standard InChI is InChI=1S/C21H23N3O2/c1-23(2)12-3-13-24-21(26)20-11-8-17(14-18(20)15-22-24)5-4-16-6-9-19(25)10-7-16/h4-11,14-15,25H,3,12-13H2,1-2H3. The molecular formula is C21H23N3O2. The van der Waals surface area contributed by atoms with E-state index in [9.17, 15) is 9.90 Å². The normalized spacial score (nSPS) is 11.7. The quantitative estimate of drug-likeness (QED) is 0.694. The van der Waals surface area contributed by atoms with Gasteiger partial charge in [0.1, 0.15) is 5.75 Å². The average Bonchev–Trinajstić information content (AvgIpc) is 2.63. The molecule has 0 bridgehead atoms. The summed E-state index contributed by atoms with van der Waals surface area (Å²) >= 11 is 0. The molecule has 3 aromatic rings. The predicted octanol–water partition coefficient (Wildman–Crippen LogP) is 3.22. The second-order valence-electron chi connectivity index (χ2n) is 6.60. The van der Waals surface area contributed by atoms with Crippen LogP contribution in [0.4, 0.5) is 0 Å². The van der Waals surface area contributed by atoms with Crippen molar-refractivity contribution in [3.8, 4) is 5.75 Å². The van der Waals surface area contributed by atoms with Gasteiger partial charge in [-0.3, -0.25) is 4.79 Å². The minimum Gasteiger partial charge on any atom is -0.508 e. The summed E-state index contributed by atoms with van der Waals surface area (Å²) < 4.78 is 1.54. The van der Waals surface area contributed by atoms with E-state index in [4.69, 9.17) is 0 Å². The summed E-state index contributed by atoms with van der Waals surface area (Å²) in [5, 5.41) is 15.2. The lowest BCUT2D eigenvalue weighted by Crippen LogP contribution is -2.25. The van der Waals surface area contributed by atoms with E-state index in [0.29, 0.717) is 11.9 Å². The number of fused-ring (bicyclic) bond motifs is 1. The molecule has 3 rings (SSSR count). The highest BCUT2D eigenvalue weighted by Gasteiger charge is 2.04. The molecule has 0 spiro atoms. The molecule has 0 unspecified atom stereocenters. The molecule has 0 aliphatic carbocycles. The number of hydrogen-bond acceptors (Lipinski definition) is 4. The maximum atomic E-state index is 12.6. The van der Waals surface area contributed by atoms with Crippen LogP contribution < -0.4 is 5.56 Å². The third-order valence-electron chi connectivity index (χ3n) is 4.21. The third-order valence-corrected chi connectivity index (χ3v) is 4.21. The molecule has 5 heteroatoms. The van der Waals surface area contributed by atoms with Crippen molar-refractivity contribution in [3.05, 3.63) is 70.1 Å². The molecule has 26 heavy (non-hydrogen) atoms. The molecule has 1 heterocycles. The van der Waals surface area contributed by atoms with Crippen molar-refractivity contribution >= 4 is 22.9 Å². The van der Waals surface area contributed by atoms with Crippen molar-refractivity contribution in [3.63, 3.8) is 0 Å². The molecule has 0 fully saturated rings. The lowest BCUT2D eigenvalue weighted by atomic mass is 10.1. The number of aromatic nitrogens is 2. The monoisotopic (exact) mass is 349 g/mol. The van der Waals surface area contributed by atoms with E-state index in [1.54, 1.807) is 18.3 Å². The predicted molar refractivity (Wildman–Crippen MR) is 106 cm³/mol. The van der Waals surface area contributed by atoms with Gasteiger partial charge in [0.15, 0.2) is 0 Å². The smallest absolute Gasteiger partial charge is 0.274 e. The fourth-order valence-electron chi connectivity index (χ4n) is 2.78. The Balaban J connectivity index is 1.81. The molecule has 0 aliphatic heterocycles. The van der Waals surface area contributed by atoms with Gasteiger partial charge in [0.25, 0.3) is 5.56 Å². The van der Waals surface area contributed by atoms with E-state index >= 15 is 0 Å². The largest absolute Gasteiger partial charge is 0.508 e. The zero-order valence-corrected chi connectivity index (χ0v) is 15.1. The first-order chi connectivity index (χ1) is 12.5. The van der Waals surface area contributed by atoms with E-state index in [1.165, 1.54) is 4.68 Å². The number of phenolic OH excluding ortho intramolecular Hbond substituents is 1. The van der Waals surface area contributed by atoms with Gasteiger partial charge < -0.3 is 10.0 Å². The van der Waals surface area contributed by atoms with Gasteiger partial charge in [0.05, 0.1) is 11.6 Å². The van der Waals surface area contributed by atoms with Crippen LogP contribution in [0.25, 0.3) is 22.9 Å². The SMILES string of the molecule is CN(C)CCCn1ncc2cc(C=Cc3ccc(O)cc3)ccc2c1=O. The second kappa shape index (κ2) is 7.97. The van der Waals surface area contributed by atoms with Gasteiger partial charge in [0.2, 0.25) is 0 Å². The summed E-state index contributed by atoms with van der Waals surface area (Å²) in [5.74, 6) is 0.251. The van der Waals surface area contributed by atoms with E-state index < -0.39 is 0 Å². The summed E-state index contributed by atoms with van der Waals surface area (Å²) in [4.78, 5) is 14.7. The maximum Gasteiger partial charge on any atom is 0.274 e. The van der Waals surface area contributed by atoms with E-state index in [-0.39, 0.29) is 11.3 Å². The van der Waals surface area contributed by atoms with Gasteiger partial charge in [-0.15, -0.1) is 0 Å². The van der Waals surface area contributed by atoms with Crippen molar-refractivity contribution in [1.82, 2.24) is 14.7 Å². The molecule has 0 saturated heterocycles. The van der Waals surface area contributed by atoms with Crippen LogP contribution in [0.1, 0.15) is 17.5 Å². The maximum absolute atomic E-state index is 12.6. The van der Waals surface area contributed by atoms with Crippen molar-refractivity contribution in [2.24, 2.45) is 0 Å². The number of hydrogen-bond donors (Lipinski definition) is 1. The molecule has 1 aromatic heterocycles. The molecule has 0 radical (unpaired) electrons. The van der Waals surface area contributed by atoms with Gasteiger partial charge in [-0.2, -0.15) is 5.10 Å². The van der Waals surface area contributed by atoms with Crippen LogP contribution in [0.3, 0.4) is 0 Å². The summed E-state index contributed by atoms with van der Waals surface area (Å²) in [6.07, 6.45) is 6.59. The highest BCUT2D eigenvalue weighted by Crippen LogP contribution is 2.16. The Morgan fingerprint density at radius 2 is 1.77 bits per heavy atom. The first-order valence-corrected chi connectivity index (χ1v) is 8.65. The Kier molecular flexibility index (Phi) is 5.49. The van der Waals surface area contributed by atoms with Crippen LogP contribution in [-0.2, 0) is 6.54 Å². The molecule has 5 nitrogen and oxygen atoms in total. The third kappa shape index (κ3) is 4.37. The fourth-order valence-corrected chi connectivity index (χ4v) is 2.78. The van der Waals surface area contributed by atoms with Gasteiger partial charge in [-0.05, 0) is 62.5 Å². The topological polar surface area (TPSA) is 58.4 Å². The van der Waals surface area contributed by atoms with Gasteiger partial charge in [-0.1, -0.05) is 30.4 Å². The van der Waals surface area contributed by atoms with Crippen LogP contribution in [0, 0.1) is 0 Å². The molecule has 2 aromatic carbocycles. The van der Waals surface area contributed by atoms with Crippen LogP contribution in [0.15, 0.2) is 53.5 Å². The summed E-state index contributed by atoms with van der Waals surface area (Å²) in [5.41, 5.74) is 1.95.